The van der Waals surface area contributed by atoms with Crippen molar-refractivity contribution in [2.75, 3.05) is 13.2 Å². The average molecular weight is 408 g/mol. The van der Waals surface area contributed by atoms with Crippen LogP contribution in [0.5, 0.6) is 5.75 Å². The van der Waals surface area contributed by atoms with Crippen LogP contribution < -0.4 is 4.74 Å². The summed E-state index contributed by atoms with van der Waals surface area (Å²) in [6.07, 6.45) is -0.877. The molecule has 0 aromatic heterocycles. The quantitative estimate of drug-likeness (QED) is 0.428. The second-order valence-corrected chi connectivity index (χ2v) is 7.27. The second-order valence-electron chi connectivity index (χ2n) is 4.21. The van der Waals surface area contributed by atoms with Crippen LogP contribution in [-0.4, -0.2) is 30.4 Å². The Bertz CT molecular complexity index is 457. The summed E-state index contributed by atoms with van der Waals surface area (Å²) in [5.41, 5.74) is 1.36. The fourth-order valence-electron chi connectivity index (χ4n) is 1.25. The number of rotatable bonds is 7. The van der Waals surface area contributed by atoms with E-state index in [0.29, 0.717) is 11.3 Å². The molecule has 0 bridgehead atoms. The predicted octanol–water partition coefficient (Wildman–Crippen LogP) is 3.33. The molecule has 6 heteroatoms. The zero-order valence-corrected chi connectivity index (χ0v) is 14.2. The monoisotopic (exact) mass is 406 g/mol. The fraction of sp³-hybridized carbons (Fsp3) is 0.357. The minimum absolute atomic E-state index is 0.0505. The van der Waals surface area contributed by atoms with Gasteiger partial charge in [-0.1, -0.05) is 50.6 Å². The van der Waals surface area contributed by atoms with Gasteiger partial charge in [-0.25, -0.2) is 4.79 Å². The molecule has 20 heavy (non-hydrogen) atoms. The highest BCUT2D eigenvalue weighted by molar-refractivity contribution is 9.24. The highest BCUT2D eigenvalue weighted by Crippen LogP contribution is 2.30. The number of aliphatic hydroxyl groups is 1. The van der Waals surface area contributed by atoms with Crippen LogP contribution in [0.25, 0.3) is 0 Å². The summed E-state index contributed by atoms with van der Waals surface area (Å²) in [5.74, 6) is 0.119. The zero-order chi connectivity index (χ0) is 15.1. The van der Waals surface area contributed by atoms with Crippen molar-refractivity contribution in [1.29, 1.82) is 0 Å². The van der Waals surface area contributed by atoms with E-state index in [9.17, 15) is 9.90 Å². The van der Waals surface area contributed by atoms with E-state index in [1.165, 1.54) is 0 Å². The van der Waals surface area contributed by atoms with Crippen molar-refractivity contribution in [2.24, 2.45) is 0 Å². The van der Waals surface area contributed by atoms with Crippen molar-refractivity contribution in [3.63, 3.8) is 0 Å². The van der Waals surface area contributed by atoms with Gasteiger partial charge in [-0.15, -0.1) is 0 Å². The average Bonchev–Trinajstić information content (AvgIpc) is 2.42. The summed E-state index contributed by atoms with van der Waals surface area (Å²) in [7, 11) is 0. The van der Waals surface area contributed by atoms with Gasteiger partial charge in [0.05, 0.1) is 3.74 Å². The lowest BCUT2D eigenvalue weighted by molar-refractivity contribution is -0.142. The number of aliphatic hydroxyl groups excluding tert-OH is 1. The first-order valence-corrected chi connectivity index (χ1v) is 7.75. The summed E-state index contributed by atoms with van der Waals surface area (Å²) in [5, 5.41) is 9.64. The minimum Gasteiger partial charge on any atom is -0.491 e. The van der Waals surface area contributed by atoms with E-state index in [-0.39, 0.29) is 17.0 Å². The third-order valence-electron chi connectivity index (χ3n) is 2.33. The molecular formula is C14H16Br2O4. The topological polar surface area (TPSA) is 55.8 Å². The number of benzene rings is 1. The lowest BCUT2D eigenvalue weighted by atomic mass is 10.2. The Balaban J connectivity index is 2.35. The number of carbonyl (C=O) groups is 1. The second kappa shape index (κ2) is 8.44. The smallest absolute Gasteiger partial charge is 0.333 e. The Hall–Kier alpha value is -0.850. The molecule has 1 aromatic carbocycles. The molecule has 1 unspecified atom stereocenters. The van der Waals surface area contributed by atoms with Crippen LogP contribution in [-0.2, 0) is 9.53 Å². The van der Waals surface area contributed by atoms with Gasteiger partial charge >= 0.3 is 5.97 Å². The van der Waals surface area contributed by atoms with Gasteiger partial charge in [0, 0.05) is 5.57 Å². The fourth-order valence-corrected chi connectivity index (χ4v) is 1.86. The van der Waals surface area contributed by atoms with Gasteiger partial charge in [-0.2, -0.15) is 0 Å². The van der Waals surface area contributed by atoms with E-state index < -0.39 is 12.1 Å². The van der Waals surface area contributed by atoms with Crippen LogP contribution in [0.15, 0.2) is 36.4 Å². The first-order chi connectivity index (χ1) is 9.40. The summed E-state index contributed by atoms with van der Waals surface area (Å²) in [6.45, 7) is 4.94. The van der Waals surface area contributed by atoms with Gasteiger partial charge in [0.15, 0.2) is 0 Å². The van der Waals surface area contributed by atoms with Crippen molar-refractivity contribution >= 4 is 37.8 Å². The number of halogens is 2. The largest absolute Gasteiger partial charge is 0.491 e. The van der Waals surface area contributed by atoms with Gasteiger partial charge in [0.25, 0.3) is 0 Å². The first kappa shape index (κ1) is 17.2. The Morgan fingerprint density at radius 3 is 2.40 bits per heavy atom. The Labute approximate surface area is 135 Å². The first-order valence-electron chi connectivity index (χ1n) is 5.91. The summed E-state index contributed by atoms with van der Waals surface area (Å²) >= 11 is 6.79. The number of esters is 1. The molecule has 0 heterocycles. The summed E-state index contributed by atoms with van der Waals surface area (Å²) in [6, 6.07) is 7.41. The molecule has 1 atom stereocenters. The minimum atomic E-state index is -0.877. The molecule has 0 aliphatic rings. The van der Waals surface area contributed by atoms with Crippen LogP contribution in [0, 0.1) is 0 Å². The van der Waals surface area contributed by atoms with Crippen molar-refractivity contribution in [3.05, 3.63) is 42.0 Å². The Morgan fingerprint density at radius 1 is 1.30 bits per heavy atom. The molecule has 110 valence electrons. The molecule has 0 aliphatic carbocycles. The number of hydrogen-bond acceptors (Lipinski definition) is 4. The molecule has 0 fully saturated rings. The maximum Gasteiger partial charge on any atom is 0.333 e. The molecule has 0 saturated carbocycles. The molecule has 1 aromatic rings. The van der Waals surface area contributed by atoms with Crippen molar-refractivity contribution in [2.45, 2.75) is 16.8 Å². The lowest BCUT2D eigenvalue weighted by Gasteiger charge is -2.13. The Morgan fingerprint density at radius 2 is 1.90 bits per heavy atom. The lowest BCUT2D eigenvalue weighted by Crippen LogP contribution is -2.25. The maximum absolute atomic E-state index is 11.1. The van der Waals surface area contributed by atoms with E-state index in [4.69, 9.17) is 9.47 Å². The number of alkyl halides is 2. The summed E-state index contributed by atoms with van der Waals surface area (Å²) in [4.78, 5) is 11.1. The van der Waals surface area contributed by atoms with Crippen molar-refractivity contribution in [1.82, 2.24) is 0 Å². The molecule has 0 amide bonds. The third-order valence-corrected chi connectivity index (χ3v) is 3.39. The highest BCUT2D eigenvalue weighted by Gasteiger charge is 2.10. The van der Waals surface area contributed by atoms with Crippen molar-refractivity contribution < 1.29 is 19.4 Å². The molecule has 1 N–H and O–H groups in total. The molecule has 0 spiro atoms. The number of ether oxygens (including phenoxy) is 2. The SMILES string of the molecule is C=C(C)C(=O)OCC(O)COc1ccc(C(Br)Br)cc1. The van der Waals surface area contributed by atoms with E-state index in [0.717, 1.165) is 5.56 Å². The third kappa shape index (κ3) is 6.07. The molecular weight excluding hydrogens is 392 g/mol. The van der Waals surface area contributed by atoms with Crippen LogP contribution >= 0.6 is 31.9 Å². The molecule has 0 radical (unpaired) electrons. The maximum atomic E-state index is 11.1. The van der Waals surface area contributed by atoms with Crippen LogP contribution in [0.1, 0.15) is 16.2 Å². The van der Waals surface area contributed by atoms with Gasteiger partial charge in [-0.3, -0.25) is 0 Å². The van der Waals surface area contributed by atoms with Crippen LogP contribution in [0.2, 0.25) is 0 Å². The molecule has 0 aliphatic heterocycles. The normalized spacial score (nSPS) is 12.1. The molecule has 1 rings (SSSR count). The van der Waals surface area contributed by atoms with Gasteiger partial charge < -0.3 is 14.6 Å². The zero-order valence-electron chi connectivity index (χ0n) is 11.0. The van der Waals surface area contributed by atoms with Crippen LogP contribution in [0.3, 0.4) is 0 Å². The van der Waals surface area contributed by atoms with Crippen molar-refractivity contribution in [3.8, 4) is 5.75 Å². The van der Waals surface area contributed by atoms with E-state index >= 15 is 0 Å². The van der Waals surface area contributed by atoms with Gasteiger partial charge in [0.2, 0.25) is 0 Å². The number of carbonyl (C=O) groups excluding carboxylic acids is 1. The van der Waals surface area contributed by atoms with Crippen LogP contribution in [0.4, 0.5) is 0 Å². The van der Waals surface area contributed by atoms with E-state index in [2.05, 4.69) is 38.4 Å². The van der Waals surface area contributed by atoms with E-state index in [1.54, 1.807) is 19.1 Å². The number of hydrogen-bond donors (Lipinski definition) is 1. The summed E-state index contributed by atoms with van der Waals surface area (Å²) < 4.78 is 10.3. The Kier molecular flexibility index (Phi) is 7.26. The highest BCUT2D eigenvalue weighted by atomic mass is 79.9. The van der Waals surface area contributed by atoms with Gasteiger partial charge in [0.1, 0.15) is 25.1 Å². The molecule has 4 nitrogen and oxygen atoms in total. The van der Waals surface area contributed by atoms with Gasteiger partial charge in [-0.05, 0) is 24.6 Å². The predicted molar refractivity (Wildman–Crippen MR) is 84.3 cm³/mol. The standard InChI is InChI=1S/C14H16Br2O4/c1-9(2)14(18)20-8-11(17)7-19-12-5-3-10(4-6-12)13(15)16/h3-6,11,13,17H,1,7-8H2,2H3. The van der Waals surface area contributed by atoms with E-state index in [1.807, 2.05) is 12.1 Å². The molecule has 0 saturated heterocycles.